The maximum Gasteiger partial charge on any atom is 0.228 e. The Morgan fingerprint density at radius 1 is 0.871 bits per heavy atom. The SMILES string of the molecule is O=C1C2=C(C(=O)c3ccccc31)[C@@H](c1ccc(O)c(F)c1)[C@H](C(=O)c1ccccc1)O2. The Morgan fingerprint density at radius 3 is 2.19 bits per heavy atom. The number of benzene rings is 3. The van der Waals surface area contributed by atoms with Crippen LogP contribution in [0.4, 0.5) is 4.39 Å². The number of halogens is 1. The van der Waals surface area contributed by atoms with Crippen molar-refractivity contribution in [3.8, 4) is 5.75 Å². The molecule has 2 atom stereocenters. The number of phenols is 1. The summed E-state index contributed by atoms with van der Waals surface area (Å²) in [4.78, 5) is 39.7. The number of phenolic OH excluding ortho intramolecular Hbond substituents is 1. The lowest BCUT2D eigenvalue weighted by molar-refractivity contribution is 0.0640. The van der Waals surface area contributed by atoms with Gasteiger partial charge in [0, 0.05) is 16.7 Å². The van der Waals surface area contributed by atoms with E-state index in [1.165, 1.54) is 12.1 Å². The van der Waals surface area contributed by atoms with E-state index >= 15 is 0 Å². The number of carbonyl (C=O) groups is 3. The number of fused-ring (bicyclic) bond motifs is 1. The van der Waals surface area contributed by atoms with Crippen molar-refractivity contribution in [1.29, 1.82) is 0 Å². The molecule has 5 nitrogen and oxygen atoms in total. The summed E-state index contributed by atoms with van der Waals surface area (Å²) in [5.74, 6) is -3.99. The summed E-state index contributed by atoms with van der Waals surface area (Å²) in [6.07, 6.45) is -1.22. The molecule has 3 aromatic carbocycles. The normalized spacial score (nSPS) is 19.6. The second kappa shape index (κ2) is 7.02. The van der Waals surface area contributed by atoms with Crippen LogP contribution in [0, 0.1) is 5.82 Å². The Morgan fingerprint density at radius 2 is 1.52 bits per heavy atom. The zero-order valence-corrected chi connectivity index (χ0v) is 16.0. The molecule has 5 rings (SSSR count). The Balaban J connectivity index is 1.68. The molecule has 0 unspecified atom stereocenters. The second-order valence-electron chi connectivity index (χ2n) is 7.40. The van der Waals surface area contributed by atoms with E-state index in [9.17, 15) is 23.9 Å². The molecule has 3 aromatic rings. The molecular formula is C25H15FO5. The molecule has 0 radical (unpaired) electrons. The van der Waals surface area contributed by atoms with Crippen molar-refractivity contribution in [3.63, 3.8) is 0 Å². The molecule has 1 N–H and O–H groups in total. The van der Waals surface area contributed by atoms with Crippen LogP contribution < -0.4 is 0 Å². The molecule has 0 saturated heterocycles. The van der Waals surface area contributed by atoms with Crippen LogP contribution in [-0.4, -0.2) is 28.6 Å². The zero-order valence-electron chi connectivity index (χ0n) is 16.0. The van der Waals surface area contributed by atoms with Gasteiger partial charge >= 0.3 is 0 Å². The van der Waals surface area contributed by atoms with E-state index in [1.54, 1.807) is 48.5 Å². The quantitative estimate of drug-likeness (QED) is 0.649. The Bertz CT molecular complexity index is 1290. The highest BCUT2D eigenvalue weighted by Crippen LogP contribution is 2.46. The van der Waals surface area contributed by atoms with Gasteiger partial charge in [-0.15, -0.1) is 0 Å². The van der Waals surface area contributed by atoms with E-state index < -0.39 is 40.9 Å². The van der Waals surface area contributed by atoms with Gasteiger partial charge in [-0.1, -0.05) is 60.7 Å². The first-order valence-corrected chi connectivity index (χ1v) is 9.64. The summed E-state index contributed by atoms with van der Waals surface area (Å²) >= 11 is 0. The number of rotatable bonds is 3. The predicted octanol–water partition coefficient (Wildman–Crippen LogP) is 4.23. The number of ketones is 3. The van der Waals surface area contributed by atoms with Crippen molar-refractivity contribution in [2.45, 2.75) is 12.0 Å². The van der Waals surface area contributed by atoms with Crippen LogP contribution >= 0.6 is 0 Å². The van der Waals surface area contributed by atoms with Crippen molar-refractivity contribution in [2.75, 3.05) is 0 Å². The first-order valence-electron chi connectivity index (χ1n) is 9.64. The number of hydrogen-bond donors (Lipinski definition) is 1. The molecule has 0 saturated carbocycles. The van der Waals surface area contributed by atoms with Crippen LogP contribution in [0.2, 0.25) is 0 Å². The van der Waals surface area contributed by atoms with Crippen LogP contribution in [0.3, 0.4) is 0 Å². The molecule has 1 heterocycles. The predicted molar refractivity (Wildman–Crippen MR) is 109 cm³/mol. The minimum Gasteiger partial charge on any atom is -0.505 e. The highest BCUT2D eigenvalue weighted by Gasteiger charge is 2.50. The van der Waals surface area contributed by atoms with E-state index in [0.717, 1.165) is 12.1 Å². The molecule has 6 heteroatoms. The number of ether oxygens (including phenoxy) is 1. The molecular weight excluding hydrogens is 399 g/mol. The summed E-state index contributed by atoms with van der Waals surface area (Å²) in [5.41, 5.74) is 1.05. The zero-order chi connectivity index (χ0) is 21.7. The molecule has 1 aliphatic heterocycles. The van der Waals surface area contributed by atoms with Gasteiger partial charge in [0.15, 0.2) is 29.2 Å². The van der Waals surface area contributed by atoms with Crippen molar-refractivity contribution < 1.29 is 28.6 Å². The molecule has 31 heavy (non-hydrogen) atoms. The summed E-state index contributed by atoms with van der Waals surface area (Å²) in [7, 11) is 0. The standard InChI is InChI=1S/C25H15FO5/c26-17-12-14(10-11-18(17)27)19-20-22(29)15-8-4-5-9-16(15)23(30)25(20)31-24(19)21(28)13-6-2-1-3-7-13/h1-12,19,24,27H/t19-,24-/m1/s1. The van der Waals surface area contributed by atoms with Crippen LogP contribution in [0.25, 0.3) is 0 Å². The minimum atomic E-state index is -1.22. The molecule has 0 bridgehead atoms. The van der Waals surface area contributed by atoms with Crippen molar-refractivity contribution >= 4 is 17.3 Å². The van der Waals surface area contributed by atoms with E-state index in [0.29, 0.717) is 5.56 Å². The van der Waals surface area contributed by atoms with Gasteiger partial charge in [0.1, 0.15) is 0 Å². The van der Waals surface area contributed by atoms with Crippen LogP contribution in [0.5, 0.6) is 5.75 Å². The maximum absolute atomic E-state index is 14.2. The number of allylic oxidation sites excluding steroid dienone is 1. The van der Waals surface area contributed by atoms with Crippen molar-refractivity contribution in [1.82, 2.24) is 0 Å². The largest absolute Gasteiger partial charge is 0.505 e. The number of hydrogen-bond acceptors (Lipinski definition) is 5. The topological polar surface area (TPSA) is 80.7 Å². The van der Waals surface area contributed by atoms with Gasteiger partial charge in [-0.25, -0.2) is 4.39 Å². The first-order chi connectivity index (χ1) is 15.0. The number of aromatic hydroxyl groups is 1. The highest BCUT2D eigenvalue weighted by molar-refractivity contribution is 6.27. The summed E-state index contributed by atoms with van der Waals surface area (Å²) < 4.78 is 20.0. The summed E-state index contributed by atoms with van der Waals surface area (Å²) in [6.45, 7) is 0. The third kappa shape index (κ3) is 2.87. The average Bonchev–Trinajstić information content (AvgIpc) is 3.20. The first kappa shape index (κ1) is 18.9. The van der Waals surface area contributed by atoms with Gasteiger partial charge in [-0.3, -0.25) is 14.4 Å². The van der Waals surface area contributed by atoms with Gasteiger partial charge in [-0.2, -0.15) is 0 Å². The van der Waals surface area contributed by atoms with Crippen molar-refractivity contribution in [3.05, 3.63) is 112 Å². The van der Waals surface area contributed by atoms with Gasteiger partial charge in [0.2, 0.25) is 11.6 Å². The third-order valence-corrected chi connectivity index (χ3v) is 5.62. The van der Waals surface area contributed by atoms with Gasteiger partial charge < -0.3 is 9.84 Å². The van der Waals surface area contributed by atoms with Crippen LogP contribution in [-0.2, 0) is 4.74 Å². The van der Waals surface area contributed by atoms with Crippen molar-refractivity contribution in [2.24, 2.45) is 0 Å². The third-order valence-electron chi connectivity index (χ3n) is 5.62. The number of Topliss-reactive ketones (excluding diaryl/α,β-unsaturated/α-hetero) is 3. The van der Waals surface area contributed by atoms with Gasteiger partial charge in [-0.05, 0) is 17.7 Å². The molecule has 0 spiro atoms. The lowest BCUT2D eigenvalue weighted by Crippen LogP contribution is -2.28. The Labute approximate surface area is 176 Å². The van der Waals surface area contributed by atoms with E-state index in [1.807, 2.05) is 0 Å². The molecule has 1 aliphatic carbocycles. The fraction of sp³-hybridized carbons (Fsp3) is 0.0800. The minimum absolute atomic E-state index is 0.0306. The lowest BCUT2D eigenvalue weighted by Gasteiger charge is -2.21. The average molecular weight is 414 g/mol. The fourth-order valence-electron chi connectivity index (χ4n) is 4.15. The molecule has 2 aliphatic rings. The smallest absolute Gasteiger partial charge is 0.228 e. The fourth-order valence-corrected chi connectivity index (χ4v) is 4.15. The van der Waals surface area contributed by atoms with Crippen LogP contribution in [0.1, 0.15) is 42.6 Å². The summed E-state index contributed by atoms with van der Waals surface area (Å²) in [6, 6.07) is 18.3. The Hall–Kier alpha value is -4.06. The molecule has 152 valence electrons. The Kier molecular flexibility index (Phi) is 4.29. The van der Waals surface area contributed by atoms with E-state index in [4.69, 9.17) is 4.74 Å². The monoisotopic (exact) mass is 414 g/mol. The highest BCUT2D eigenvalue weighted by atomic mass is 19.1. The lowest BCUT2D eigenvalue weighted by atomic mass is 9.78. The maximum atomic E-state index is 14.2. The molecule has 0 fully saturated rings. The van der Waals surface area contributed by atoms with E-state index in [2.05, 4.69) is 0 Å². The van der Waals surface area contributed by atoms with Crippen LogP contribution in [0.15, 0.2) is 84.1 Å². The van der Waals surface area contributed by atoms with E-state index in [-0.39, 0.29) is 28.0 Å². The number of carbonyl (C=O) groups excluding carboxylic acids is 3. The van der Waals surface area contributed by atoms with Gasteiger partial charge in [0.05, 0.1) is 11.5 Å². The summed E-state index contributed by atoms with van der Waals surface area (Å²) in [5, 5.41) is 9.59. The molecule has 0 amide bonds. The molecule has 0 aromatic heterocycles. The van der Waals surface area contributed by atoms with Gasteiger partial charge in [0.25, 0.3) is 0 Å². The second-order valence-corrected chi connectivity index (χ2v) is 7.40.